The molecule has 5 nitrogen and oxygen atoms in total. The second-order valence-electron chi connectivity index (χ2n) is 4.42. The molecular formula is C16H12ClN3O2. The number of anilines is 1. The van der Waals surface area contributed by atoms with Gasteiger partial charge in [-0.3, -0.25) is 5.32 Å². The van der Waals surface area contributed by atoms with Crippen LogP contribution in [0.15, 0.2) is 66.9 Å². The molecule has 0 aliphatic heterocycles. The number of ether oxygens (including phenoxy) is 1. The number of aromatic nitrogens is 2. The molecule has 1 N–H and O–H groups in total. The molecule has 0 spiro atoms. The molecule has 3 rings (SSSR count). The third-order valence-corrected chi connectivity index (χ3v) is 3.18. The first-order valence-electron chi connectivity index (χ1n) is 6.57. The maximum Gasteiger partial charge on any atom is 0.418 e. The van der Waals surface area contributed by atoms with Crippen molar-refractivity contribution in [2.75, 3.05) is 5.32 Å². The molecule has 0 bridgehead atoms. The first-order valence-corrected chi connectivity index (χ1v) is 6.94. The van der Waals surface area contributed by atoms with Gasteiger partial charge in [0.15, 0.2) is 5.82 Å². The van der Waals surface area contributed by atoms with E-state index in [1.807, 2.05) is 36.4 Å². The number of amides is 1. The molecule has 1 heterocycles. The number of halogens is 1. The number of carbonyl (C=O) groups excluding carboxylic acids is 1. The summed E-state index contributed by atoms with van der Waals surface area (Å²) in [7, 11) is 0. The topological polar surface area (TPSA) is 56.2 Å². The van der Waals surface area contributed by atoms with Crippen LogP contribution in [0, 0.1) is 0 Å². The number of nitrogens with zero attached hydrogens (tertiary/aromatic N) is 2. The SMILES string of the molecule is O=C(Nc1c(Cl)cnn1-c1ccccc1)Oc1ccccc1. The molecule has 110 valence electrons. The van der Waals surface area contributed by atoms with Crippen molar-refractivity contribution in [3.63, 3.8) is 0 Å². The van der Waals surface area contributed by atoms with Gasteiger partial charge in [-0.15, -0.1) is 0 Å². The summed E-state index contributed by atoms with van der Waals surface area (Å²) in [6.45, 7) is 0. The Balaban J connectivity index is 1.81. The van der Waals surface area contributed by atoms with Crippen molar-refractivity contribution in [1.82, 2.24) is 9.78 Å². The maximum absolute atomic E-state index is 12.0. The molecule has 1 aromatic heterocycles. The fourth-order valence-electron chi connectivity index (χ4n) is 1.92. The van der Waals surface area contributed by atoms with Crippen LogP contribution in [-0.2, 0) is 0 Å². The van der Waals surface area contributed by atoms with E-state index in [9.17, 15) is 4.79 Å². The molecule has 0 saturated heterocycles. The smallest absolute Gasteiger partial charge is 0.410 e. The summed E-state index contributed by atoms with van der Waals surface area (Å²) in [4.78, 5) is 12.0. The van der Waals surface area contributed by atoms with Crippen LogP contribution < -0.4 is 10.1 Å². The molecule has 0 aliphatic carbocycles. The van der Waals surface area contributed by atoms with E-state index in [4.69, 9.17) is 16.3 Å². The minimum atomic E-state index is -0.634. The van der Waals surface area contributed by atoms with E-state index in [-0.39, 0.29) is 0 Å². The zero-order chi connectivity index (χ0) is 15.4. The monoisotopic (exact) mass is 313 g/mol. The Bertz CT molecular complexity index is 773. The molecule has 2 aromatic carbocycles. The minimum Gasteiger partial charge on any atom is -0.410 e. The summed E-state index contributed by atoms with van der Waals surface area (Å²) >= 11 is 6.09. The molecule has 22 heavy (non-hydrogen) atoms. The van der Waals surface area contributed by atoms with Gasteiger partial charge in [0.25, 0.3) is 0 Å². The molecule has 3 aromatic rings. The normalized spacial score (nSPS) is 10.2. The number of hydrogen-bond donors (Lipinski definition) is 1. The highest BCUT2D eigenvalue weighted by Gasteiger charge is 2.14. The molecular weight excluding hydrogens is 302 g/mol. The van der Waals surface area contributed by atoms with E-state index in [0.717, 1.165) is 5.69 Å². The quantitative estimate of drug-likeness (QED) is 0.790. The lowest BCUT2D eigenvalue weighted by molar-refractivity contribution is 0.215. The molecule has 0 atom stereocenters. The minimum absolute atomic E-state index is 0.328. The standard InChI is InChI=1S/C16H12ClN3O2/c17-14-11-18-20(12-7-3-1-4-8-12)15(14)19-16(21)22-13-9-5-2-6-10-13/h1-11H,(H,19,21). The van der Waals surface area contributed by atoms with E-state index >= 15 is 0 Å². The van der Waals surface area contributed by atoms with Crippen molar-refractivity contribution in [2.24, 2.45) is 0 Å². The average molecular weight is 314 g/mol. The molecule has 0 fully saturated rings. The first-order chi connectivity index (χ1) is 10.7. The van der Waals surface area contributed by atoms with Crippen molar-refractivity contribution in [2.45, 2.75) is 0 Å². The van der Waals surface area contributed by atoms with E-state index in [1.54, 1.807) is 24.3 Å². The zero-order valence-electron chi connectivity index (χ0n) is 11.4. The average Bonchev–Trinajstić information content (AvgIpc) is 2.90. The van der Waals surface area contributed by atoms with Gasteiger partial charge in [0.05, 0.1) is 11.9 Å². The number of rotatable bonds is 3. The van der Waals surface area contributed by atoms with Gasteiger partial charge in [0, 0.05) is 0 Å². The number of carbonyl (C=O) groups is 1. The van der Waals surface area contributed by atoms with Gasteiger partial charge in [-0.25, -0.2) is 9.48 Å². The first kappa shape index (κ1) is 14.2. The van der Waals surface area contributed by atoms with Crippen molar-refractivity contribution in [3.05, 3.63) is 71.9 Å². The number of nitrogens with one attached hydrogen (secondary N) is 1. The summed E-state index contributed by atoms with van der Waals surface area (Å²) in [5.41, 5.74) is 0.782. The van der Waals surface area contributed by atoms with E-state index in [2.05, 4.69) is 10.4 Å². The van der Waals surface area contributed by atoms with E-state index in [1.165, 1.54) is 10.9 Å². The van der Waals surface area contributed by atoms with Crippen molar-refractivity contribution in [3.8, 4) is 11.4 Å². The Morgan fingerprint density at radius 2 is 1.68 bits per heavy atom. The molecule has 0 radical (unpaired) electrons. The predicted molar refractivity (Wildman–Crippen MR) is 84.7 cm³/mol. The van der Waals surface area contributed by atoms with Gasteiger partial charge in [-0.2, -0.15) is 5.10 Å². The van der Waals surface area contributed by atoms with Crippen LogP contribution in [0.3, 0.4) is 0 Å². The summed E-state index contributed by atoms with van der Waals surface area (Å²) < 4.78 is 6.72. The molecule has 6 heteroatoms. The van der Waals surface area contributed by atoms with Crippen LogP contribution in [0.2, 0.25) is 5.02 Å². The molecule has 0 unspecified atom stereocenters. The summed E-state index contributed by atoms with van der Waals surface area (Å²) in [6.07, 6.45) is 0.831. The number of hydrogen-bond acceptors (Lipinski definition) is 3. The van der Waals surface area contributed by atoms with Crippen LogP contribution in [0.4, 0.5) is 10.6 Å². The lowest BCUT2D eigenvalue weighted by Gasteiger charge is -2.09. The highest BCUT2D eigenvalue weighted by molar-refractivity contribution is 6.33. The van der Waals surface area contributed by atoms with Gasteiger partial charge < -0.3 is 4.74 Å². The van der Waals surface area contributed by atoms with Crippen LogP contribution >= 0.6 is 11.6 Å². The maximum atomic E-state index is 12.0. The number of para-hydroxylation sites is 2. The highest BCUT2D eigenvalue weighted by atomic mass is 35.5. The van der Waals surface area contributed by atoms with E-state index in [0.29, 0.717) is 16.6 Å². The summed E-state index contributed by atoms with van der Waals surface area (Å²) in [5, 5.41) is 7.10. The van der Waals surface area contributed by atoms with Crippen LogP contribution in [0.25, 0.3) is 5.69 Å². The summed E-state index contributed by atoms with van der Waals surface area (Å²) in [6, 6.07) is 18.1. The van der Waals surface area contributed by atoms with Gasteiger partial charge in [-0.05, 0) is 24.3 Å². The van der Waals surface area contributed by atoms with Crippen LogP contribution in [0.5, 0.6) is 5.75 Å². The van der Waals surface area contributed by atoms with Gasteiger partial charge in [0.2, 0.25) is 0 Å². The van der Waals surface area contributed by atoms with Crippen molar-refractivity contribution in [1.29, 1.82) is 0 Å². The molecule has 0 saturated carbocycles. The molecule has 1 amide bonds. The van der Waals surface area contributed by atoms with Gasteiger partial charge in [0.1, 0.15) is 10.8 Å². The Hall–Kier alpha value is -2.79. The second kappa shape index (κ2) is 6.32. The van der Waals surface area contributed by atoms with Crippen molar-refractivity contribution >= 4 is 23.5 Å². The Labute approximate surface area is 132 Å². The number of benzene rings is 2. The fourth-order valence-corrected chi connectivity index (χ4v) is 2.09. The Morgan fingerprint density at radius 3 is 2.36 bits per heavy atom. The lowest BCUT2D eigenvalue weighted by atomic mass is 10.3. The fraction of sp³-hybridized carbons (Fsp3) is 0. The largest absolute Gasteiger partial charge is 0.418 e. The van der Waals surface area contributed by atoms with Crippen LogP contribution in [0.1, 0.15) is 0 Å². The lowest BCUT2D eigenvalue weighted by Crippen LogP contribution is -2.19. The Kier molecular flexibility index (Phi) is 4.07. The van der Waals surface area contributed by atoms with Gasteiger partial charge in [-0.1, -0.05) is 48.0 Å². The van der Waals surface area contributed by atoms with Crippen LogP contribution in [-0.4, -0.2) is 15.9 Å². The third-order valence-electron chi connectivity index (χ3n) is 2.90. The Morgan fingerprint density at radius 1 is 1.05 bits per heavy atom. The van der Waals surface area contributed by atoms with E-state index < -0.39 is 6.09 Å². The zero-order valence-corrected chi connectivity index (χ0v) is 12.2. The predicted octanol–water partition coefficient (Wildman–Crippen LogP) is 4.14. The molecule has 0 aliphatic rings. The second-order valence-corrected chi connectivity index (χ2v) is 4.82. The van der Waals surface area contributed by atoms with Gasteiger partial charge >= 0.3 is 6.09 Å². The van der Waals surface area contributed by atoms with Crippen molar-refractivity contribution < 1.29 is 9.53 Å². The summed E-state index contributed by atoms with van der Waals surface area (Å²) in [5.74, 6) is 0.802. The highest BCUT2D eigenvalue weighted by Crippen LogP contribution is 2.24. The third kappa shape index (κ3) is 3.10.